The third-order valence-electron chi connectivity index (χ3n) is 5.57. The van der Waals surface area contributed by atoms with E-state index >= 15 is 0 Å². The number of esters is 1. The van der Waals surface area contributed by atoms with Crippen molar-refractivity contribution in [3.05, 3.63) is 0 Å². The van der Waals surface area contributed by atoms with Crippen molar-refractivity contribution in [2.75, 3.05) is 5.75 Å². The highest BCUT2D eigenvalue weighted by atomic mass is 32.2. The van der Waals surface area contributed by atoms with Gasteiger partial charge in [0.25, 0.3) is 10.1 Å². The number of halogens is 6. The van der Waals surface area contributed by atoms with E-state index in [9.17, 15) is 39.6 Å². The van der Waals surface area contributed by atoms with Gasteiger partial charge in [0, 0.05) is 6.42 Å². The van der Waals surface area contributed by atoms with Gasteiger partial charge >= 0.3 is 23.9 Å². The van der Waals surface area contributed by atoms with Gasteiger partial charge in [0.1, 0.15) is 5.75 Å². The van der Waals surface area contributed by atoms with Crippen LogP contribution in [0.4, 0.5) is 26.3 Å². The molecule has 0 aromatic rings. The Hall–Kier alpha value is -1.04. The lowest BCUT2D eigenvalue weighted by molar-refractivity contribution is -0.361. The van der Waals surface area contributed by atoms with Crippen molar-refractivity contribution >= 4 is 16.1 Å². The summed E-state index contributed by atoms with van der Waals surface area (Å²) in [5.41, 5.74) is -5.32. The fraction of sp³-hybridized carbons (Fsp3) is 0.955. The Morgan fingerprint density at radius 1 is 0.676 bits per heavy atom. The summed E-state index contributed by atoms with van der Waals surface area (Å²) in [5, 5.41) is 0. The predicted molar refractivity (Wildman–Crippen MR) is 117 cm³/mol. The first-order chi connectivity index (χ1) is 15.7. The first kappa shape index (κ1) is 33.0. The van der Waals surface area contributed by atoms with E-state index in [1.165, 1.54) is 51.4 Å². The zero-order chi connectivity index (χ0) is 26.3. The summed E-state index contributed by atoms with van der Waals surface area (Å²) in [6.07, 6.45) is 1.75. The fourth-order valence-corrected chi connectivity index (χ4v) is 4.51. The van der Waals surface area contributed by atoms with Gasteiger partial charge in [-0.05, 0) is 6.42 Å². The van der Waals surface area contributed by atoms with Crippen LogP contribution in [0.15, 0.2) is 0 Å². The molecule has 0 aliphatic heterocycles. The highest BCUT2D eigenvalue weighted by Gasteiger charge is 2.75. The van der Waals surface area contributed by atoms with E-state index in [4.69, 9.17) is 4.55 Å². The molecule has 0 spiro atoms. The third kappa shape index (κ3) is 13.7. The van der Waals surface area contributed by atoms with Crippen molar-refractivity contribution in [3.63, 3.8) is 0 Å². The molecular weight excluding hydrogens is 490 g/mol. The van der Waals surface area contributed by atoms with Crippen LogP contribution >= 0.6 is 0 Å². The van der Waals surface area contributed by atoms with E-state index in [0.717, 1.165) is 25.7 Å². The normalized spacial score (nSPS) is 13.3. The molecule has 0 unspecified atom stereocenters. The smallest absolute Gasteiger partial charge is 0.438 e. The SMILES string of the molecule is CCCCCCCCCCCCCCCCCC(=O)OC(CS(=O)(=O)O)(C(F)(F)F)C(F)(F)F. The van der Waals surface area contributed by atoms with Gasteiger partial charge in [-0.15, -0.1) is 0 Å². The summed E-state index contributed by atoms with van der Waals surface area (Å²) in [6.45, 7) is 2.18. The molecule has 1 N–H and O–H groups in total. The Morgan fingerprint density at radius 2 is 1.00 bits per heavy atom. The van der Waals surface area contributed by atoms with Gasteiger partial charge in [0.2, 0.25) is 0 Å². The number of unbranched alkanes of at least 4 members (excludes halogenated alkanes) is 14. The largest absolute Gasteiger partial charge is 0.438 e. The topological polar surface area (TPSA) is 80.7 Å². The van der Waals surface area contributed by atoms with Gasteiger partial charge in [0.15, 0.2) is 0 Å². The summed E-state index contributed by atoms with van der Waals surface area (Å²) in [5.74, 6) is -4.68. The van der Waals surface area contributed by atoms with Crippen LogP contribution in [-0.4, -0.2) is 42.6 Å². The molecule has 0 aliphatic carbocycles. The molecule has 0 aromatic heterocycles. The number of ether oxygens (including phenoxy) is 1. The molecule has 0 radical (unpaired) electrons. The van der Waals surface area contributed by atoms with Crippen molar-refractivity contribution in [1.82, 2.24) is 0 Å². The molecule has 34 heavy (non-hydrogen) atoms. The zero-order valence-electron chi connectivity index (χ0n) is 19.8. The average Bonchev–Trinajstić information content (AvgIpc) is 2.67. The number of hydrogen-bond acceptors (Lipinski definition) is 4. The maximum atomic E-state index is 13.1. The Balaban J connectivity index is 4.18. The van der Waals surface area contributed by atoms with Gasteiger partial charge in [0.05, 0.1) is 0 Å². The minimum atomic E-state index is -6.29. The highest BCUT2D eigenvalue weighted by molar-refractivity contribution is 7.85. The molecule has 0 aliphatic rings. The maximum absolute atomic E-state index is 13.1. The minimum absolute atomic E-state index is 0.00847. The standard InChI is InChI=1S/C22H38F6O5S/c1-2-3-4-5-6-7-8-9-10-11-12-13-14-15-16-17-19(29)33-20(21(23,24)25,22(26,27)28)18-34(30,31)32/h2-18H2,1H3,(H,30,31,32). The lowest BCUT2D eigenvalue weighted by Crippen LogP contribution is -2.63. The van der Waals surface area contributed by atoms with Crippen LogP contribution in [0.3, 0.4) is 0 Å². The molecule has 0 aromatic carbocycles. The van der Waals surface area contributed by atoms with Gasteiger partial charge in [-0.1, -0.05) is 96.8 Å². The lowest BCUT2D eigenvalue weighted by atomic mass is 10.0. The van der Waals surface area contributed by atoms with Crippen LogP contribution in [0, 0.1) is 0 Å². The summed E-state index contributed by atoms with van der Waals surface area (Å²) >= 11 is 0. The zero-order valence-corrected chi connectivity index (χ0v) is 20.6. The molecule has 204 valence electrons. The molecule has 0 atom stereocenters. The second kappa shape index (κ2) is 15.9. The number of hydrogen-bond donors (Lipinski definition) is 1. The van der Waals surface area contributed by atoms with E-state index in [2.05, 4.69) is 11.7 Å². The van der Waals surface area contributed by atoms with E-state index in [-0.39, 0.29) is 6.42 Å². The fourth-order valence-electron chi connectivity index (χ4n) is 3.61. The Bertz CT molecular complexity index is 648. The summed E-state index contributed by atoms with van der Waals surface area (Å²) < 4.78 is 112. The van der Waals surface area contributed by atoms with Crippen LogP contribution in [0.1, 0.15) is 110 Å². The van der Waals surface area contributed by atoms with Crippen LogP contribution in [0.25, 0.3) is 0 Å². The molecule has 5 nitrogen and oxygen atoms in total. The third-order valence-corrected chi connectivity index (χ3v) is 6.35. The number of carbonyl (C=O) groups excluding carboxylic acids is 1. The van der Waals surface area contributed by atoms with Crippen molar-refractivity contribution < 1.29 is 48.8 Å². The summed E-state index contributed by atoms with van der Waals surface area (Å²) in [7, 11) is -5.76. The van der Waals surface area contributed by atoms with Crippen molar-refractivity contribution in [2.24, 2.45) is 0 Å². The minimum Gasteiger partial charge on any atom is -0.438 e. The average molecular weight is 529 g/mol. The highest BCUT2D eigenvalue weighted by Crippen LogP contribution is 2.47. The summed E-state index contributed by atoms with van der Waals surface area (Å²) in [6, 6.07) is 0. The second-order valence-electron chi connectivity index (χ2n) is 8.72. The molecule has 0 amide bonds. The molecule has 0 fully saturated rings. The predicted octanol–water partition coefficient (Wildman–Crippen LogP) is 7.54. The first-order valence-electron chi connectivity index (χ1n) is 12.0. The van der Waals surface area contributed by atoms with Gasteiger partial charge in [-0.2, -0.15) is 34.8 Å². The van der Waals surface area contributed by atoms with Crippen LogP contribution < -0.4 is 0 Å². The molecule has 0 bridgehead atoms. The van der Waals surface area contributed by atoms with Crippen LogP contribution in [0.5, 0.6) is 0 Å². The summed E-state index contributed by atoms with van der Waals surface area (Å²) in [4.78, 5) is 11.7. The molecule has 0 saturated carbocycles. The molecule has 0 saturated heterocycles. The molecule has 12 heteroatoms. The molecular formula is C22H38F6O5S. The number of rotatable bonds is 19. The Labute approximate surface area is 198 Å². The maximum Gasteiger partial charge on any atom is 0.438 e. The molecule has 0 heterocycles. The van der Waals surface area contributed by atoms with Gasteiger partial charge in [-0.3, -0.25) is 9.35 Å². The Kier molecular flexibility index (Phi) is 15.4. The van der Waals surface area contributed by atoms with E-state index < -0.39 is 46.2 Å². The number of alkyl halides is 6. The van der Waals surface area contributed by atoms with Gasteiger partial charge in [-0.25, -0.2) is 0 Å². The van der Waals surface area contributed by atoms with Crippen LogP contribution in [0.2, 0.25) is 0 Å². The van der Waals surface area contributed by atoms with Crippen molar-refractivity contribution in [1.29, 1.82) is 0 Å². The monoisotopic (exact) mass is 528 g/mol. The van der Waals surface area contributed by atoms with Gasteiger partial charge < -0.3 is 4.74 Å². The first-order valence-corrected chi connectivity index (χ1v) is 13.6. The Morgan fingerprint density at radius 3 is 1.29 bits per heavy atom. The quantitative estimate of drug-likeness (QED) is 0.0811. The molecule has 0 rings (SSSR count). The van der Waals surface area contributed by atoms with E-state index in [0.29, 0.717) is 12.8 Å². The van der Waals surface area contributed by atoms with E-state index in [1.54, 1.807) is 0 Å². The number of carbonyl (C=O) groups is 1. The second-order valence-corrected chi connectivity index (χ2v) is 10.2. The van der Waals surface area contributed by atoms with Crippen molar-refractivity contribution in [3.8, 4) is 0 Å². The lowest BCUT2D eigenvalue weighted by Gasteiger charge is -2.35. The van der Waals surface area contributed by atoms with E-state index in [1.807, 2.05) is 0 Å². The van der Waals surface area contributed by atoms with Crippen molar-refractivity contribution in [2.45, 2.75) is 128 Å². The van der Waals surface area contributed by atoms with Crippen LogP contribution in [-0.2, 0) is 19.6 Å².